The van der Waals surface area contributed by atoms with Crippen LogP contribution in [0.15, 0.2) is 65.2 Å². The number of unbranched alkanes of at least 4 members (excludes halogenated alkanes) is 2. The molecule has 288 valence electrons. The Balaban J connectivity index is 0.00000504. The largest absolute Gasteiger partial charge is 1.00 e. The van der Waals surface area contributed by atoms with Gasteiger partial charge in [-0.25, -0.2) is 30.0 Å². The number of fused-ring (bicyclic) bond motifs is 2. The Bertz CT molecular complexity index is 2250. The average Bonchev–Trinajstić information content (AvgIpc) is 3.33. The number of hydrogen-bond acceptors (Lipinski definition) is 11. The van der Waals surface area contributed by atoms with E-state index in [2.05, 4.69) is 29.5 Å². The zero-order valence-electron chi connectivity index (χ0n) is 31.8. The van der Waals surface area contributed by atoms with Crippen molar-refractivity contribution in [1.29, 1.82) is 0 Å². The number of nitrogens with zero attached hydrogens (tertiary/aromatic N) is 2. The van der Waals surface area contributed by atoms with E-state index in [0.717, 1.165) is 28.2 Å². The Morgan fingerprint density at radius 3 is 2.04 bits per heavy atom. The topological polar surface area (TPSA) is 221 Å². The fourth-order valence-electron chi connectivity index (χ4n) is 6.81. The Morgan fingerprint density at radius 2 is 1.43 bits per heavy atom. The Kier molecular flexibility index (Phi) is 17.1. The molecule has 2 aliphatic rings. The summed E-state index contributed by atoms with van der Waals surface area (Å²) in [4.78, 5) is 2.02. The van der Waals surface area contributed by atoms with Gasteiger partial charge in [-0.2, -0.15) is 13.0 Å². The number of nitrogens with one attached hydrogen (secondary N) is 1. The summed E-state index contributed by atoms with van der Waals surface area (Å²) in [6.45, 7) is 10.3. The standard InChI is InChI=1S/C34H47N3O11S4.2Na/c1-25-13-15-29-27(23-25)33(2,3)31(36(29)18-6-8-20-49(38,39)40)11-10-12-32-34(4,5)28-24-26(52(47,48)35-17-22-51(44,45)46)14-16-30(28)37(32)19-7-9-21-50(41,42)43;;/h10-16,23-24,35H,6-9,17-22H2,1-5H3,(H2-,38,39,40,41,42,43,44,45,46);;/q;2*+1/p-1. The Morgan fingerprint density at radius 1 is 0.796 bits per heavy atom. The van der Waals surface area contributed by atoms with E-state index in [1.54, 1.807) is 6.07 Å². The maximum atomic E-state index is 13.1. The minimum Gasteiger partial charge on any atom is -0.748 e. The first-order chi connectivity index (χ1) is 23.8. The quantitative estimate of drug-likeness (QED) is 0.0727. The maximum absolute atomic E-state index is 13.1. The molecule has 14 nitrogen and oxygen atoms in total. The molecule has 0 aromatic heterocycles. The summed E-state index contributed by atoms with van der Waals surface area (Å²) >= 11 is 0. The first-order valence-electron chi connectivity index (χ1n) is 16.7. The van der Waals surface area contributed by atoms with Crippen LogP contribution < -0.4 is 68.7 Å². The molecule has 0 atom stereocenters. The molecule has 0 saturated heterocycles. The molecule has 0 fully saturated rings. The van der Waals surface area contributed by atoms with E-state index >= 15 is 0 Å². The van der Waals surface area contributed by atoms with Gasteiger partial charge in [0.15, 0.2) is 5.71 Å². The van der Waals surface area contributed by atoms with Crippen LogP contribution in [0.4, 0.5) is 11.4 Å². The van der Waals surface area contributed by atoms with E-state index in [1.807, 2.05) is 55.7 Å². The smallest absolute Gasteiger partial charge is 0.748 e. The zero-order valence-corrected chi connectivity index (χ0v) is 39.1. The molecule has 0 unspecified atom stereocenters. The Labute approximate surface area is 364 Å². The monoisotopic (exact) mass is 846 g/mol. The minimum atomic E-state index is -4.64. The van der Waals surface area contributed by atoms with Crippen molar-refractivity contribution in [1.82, 2.24) is 4.72 Å². The van der Waals surface area contributed by atoms with Crippen molar-refractivity contribution in [3.8, 4) is 0 Å². The number of aryl methyl sites for hydroxylation is 1. The van der Waals surface area contributed by atoms with Crippen LogP contribution >= 0.6 is 0 Å². The predicted octanol–water partition coefficient (Wildman–Crippen LogP) is -2.57. The second-order valence-corrected chi connectivity index (χ2v) is 20.6. The predicted molar refractivity (Wildman–Crippen MR) is 197 cm³/mol. The maximum Gasteiger partial charge on any atom is 1.00 e. The summed E-state index contributed by atoms with van der Waals surface area (Å²) in [6, 6.07) is 10.7. The molecule has 2 heterocycles. The van der Waals surface area contributed by atoms with Gasteiger partial charge in [-0.15, -0.1) is 0 Å². The van der Waals surface area contributed by atoms with E-state index in [0.29, 0.717) is 37.2 Å². The van der Waals surface area contributed by atoms with Crippen LogP contribution in [-0.4, -0.2) is 94.5 Å². The van der Waals surface area contributed by atoms with Gasteiger partial charge >= 0.3 is 59.1 Å². The van der Waals surface area contributed by atoms with Gasteiger partial charge < -0.3 is 14.0 Å². The number of benzene rings is 2. The van der Waals surface area contributed by atoms with Gasteiger partial charge in [-0.05, 0) is 69.9 Å². The van der Waals surface area contributed by atoms with Crippen LogP contribution in [0.2, 0.25) is 0 Å². The van der Waals surface area contributed by atoms with Gasteiger partial charge in [-0.3, -0.25) is 4.55 Å². The molecule has 2 N–H and O–H groups in total. The van der Waals surface area contributed by atoms with Crippen LogP contribution in [0, 0.1) is 6.92 Å². The molecule has 2 aliphatic heterocycles. The molecule has 54 heavy (non-hydrogen) atoms. The van der Waals surface area contributed by atoms with Gasteiger partial charge in [0.25, 0.3) is 10.1 Å². The molecule has 20 heteroatoms. The zero-order chi connectivity index (χ0) is 38.9. The first kappa shape index (κ1) is 49.2. The summed E-state index contributed by atoms with van der Waals surface area (Å²) in [6.07, 6.45) is 7.03. The minimum absolute atomic E-state index is 0. The molecule has 0 spiro atoms. The number of hydrogen-bond donors (Lipinski definition) is 2. The molecule has 4 rings (SSSR count). The molecular formula is C34H46N3Na2O11S4+. The molecule has 2 aromatic rings. The van der Waals surface area contributed by atoms with E-state index < -0.39 is 69.3 Å². The van der Waals surface area contributed by atoms with Gasteiger partial charge in [-0.1, -0.05) is 37.6 Å². The van der Waals surface area contributed by atoms with Crippen LogP contribution in [0.1, 0.15) is 70.1 Å². The summed E-state index contributed by atoms with van der Waals surface area (Å²) < 4.78 is 129. The molecular weight excluding hydrogens is 801 g/mol. The van der Waals surface area contributed by atoms with E-state index in [-0.39, 0.29) is 82.6 Å². The number of rotatable bonds is 17. The van der Waals surface area contributed by atoms with Crippen LogP contribution in [0.3, 0.4) is 0 Å². The molecule has 0 bridgehead atoms. The van der Waals surface area contributed by atoms with Crippen molar-refractivity contribution in [2.45, 2.75) is 76.0 Å². The van der Waals surface area contributed by atoms with Crippen molar-refractivity contribution in [2.75, 3.05) is 41.8 Å². The second kappa shape index (κ2) is 18.7. The van der Waals surface area contributed by atoms with Crippen molar-refractivity contribution < 1.29 is 111 Å². The molecule has 0 radical (unpaired) electrons. The van der Waals surface area contributed by atoms with Gasteiger partial charge in [0.05, 0.1) is 42.1 Å². The van der Waals surface area contributed by atoms with Crippen molar-refractivity contribution in [3.63, 3.8) is 0 Å². The average molecular weight is 847 g/mol. The summed E-state index contributed by atoms with van der Waals surface area (Å²) in [5, 5.41) is 0. The summed E-state index contributed by atoms with van der Waals surface area (Å²) in [7, 11) is -17.3. The fraction of sp³-hybridized carbons (Fsp3) is 0.500. The SMILES string of the molecule is Cc1ccc2c(c1)C(C)(C)/C(=C\C=C\C1=[N+](CCCCS(=O)(=O)[O-])c3ccc(S(=O)(=O)NCCS(=O)(=O)[O-])cc3C1(C)C)N2CCCCS(=O)(=O)O.[Na+].[Na+]. The van der Waals surface area contributed by atoms with Crippen LogP contribution in [0.25, 0.3) is 0 Å². The Hall–Kier alpha value is -0.970. The van der Waals surface area contributed by atoms with Gasteiger partial charge in [0, 0.05) is 59.8 Å². The number of anilines is 1. The third-order valence-electron chi connectivity index (χ3n) is 9.43. The van der Waals surface area contributed by atoms with Crippen molar-refractivity contribution >= 4 is 57.5 Å². The summed E-state index contributed by atoms with van der Waals surface area (Å²) in [5.74, 6) is -1.77. The third kappa shape index (κ3) is 12.5. The second-order valence-electron chi connectivity index (χ2n) is 14.2. The van der Waals surface area contributed by atoms with E-state index in [1.165, 1.54) is 12.1 Å². The number of allylic oxidation sites excluding steroid dienone is 4. The molecule has 0 amide bonds. The fourth-order valence-corrected chi connectivity index (χ4v) is 9.48. The molecule has 0 aliphatic carbocycles. The van der Waals surface area contributed by atoms with Crippen molar-refractivity contribution in [3.05, 3.63) is 77.0 Å². The van der Waals surface area contributed by atoms with Gasteiger partial charge in [0.1, 0.15) is 6.54 Å². The molecule has 2 aromatic carbocycles. The number of sulfonamides is 1. The molecule has 0 saturated carbocycles. The van der Waals surface area contributed by atoms with Crippen LogP contribution in [-0.2, 0) is 51.2 Å². The van der Waals surface area contributed by atoms with E-state index in [4.69, 9.17) is 0 Å². The van der Waals surface area contributed by atoms with Crippen LogP contribution in [0.5, 0.6) is 0 Å². The third-order valence-corrected chi connectivity index (χ3v) is 13.2. The first-order valence-corrected chi connectivity index (χ1v) is 23.0. The van der Waals surface area contributed by atoms with E-state index in [9.17, 15) is 47.3 Å². The van der Waals surface area contributed by atoms with Gasteiger partial charge in [0.2, 0.25) is 15.7 Å². The summed E-state index contributed by atoms with van der Waals surface area (Å²) in [5.41, 5.74) is 5.02. The normalized spacial score (nSPS) is 17.4. The van der Waals surface area contributed by atoms with Crippen molar-refractivity contribution in [2.24, 2.45) is 0 Å².